The summed E-state index contributed by atoms with van der Waals surface area (Å²) in [5.41, 5.74) is 9.41. The molecule has 0 radical (unpaired) electrons. The van der Waals surface area contributed by atoms with Crippen LogP contribution in [0.5, 0.6) is 0 Å². The van der Waals surface area contributed by atoms with Gasteiger partial charge in [0.2, 0.25) is 0 Å². The number of carbonyl (C=O) groups excluding carboxylic acids is 1. The van der Waals surface area contributed by atoms with E-state index in [1.165, 1.54) is 0 Å². The van der Waals surface area contributed by atoms with E-state index < -0.39 is 0 Å². The molecule has 0 fully saturated rings. The van der Waals surface area contributed by atoms with Crippen molar-refractivity contribution in [3.05, 3.63) is 46.9 Å². The van der Waals surface area contributed by atoms with Crippen LogP contribution < -0.4 is 15.5 Å². The van der Waals surface area contributed by atoms with Gasteiger partial charge in [-0.05, 0) is 38.0 Å². The SMILES string of the molecule is CC[C@@H](N)c1nc(N(C)C)cc2c1CN(c1cccc(-c3nnc4n3[C@@H](C)CC4)n1)C2=O. The van der Waals surface area contributed by atoms with Gasteiger partial charge in [-0.2, -0.15) is 0 Å². The topological polar surface area (TPSA) is 106 Å². The number of rotatable bonds is 5. The number of anilines is 2. The van der Waals surface area contributed by atoms with Gasteiger partial charge in [0, 0.05) is 38.2 Å². The number of amides is 1. The third-order valence-corrected chi connectivity index (χ3v) is 6.42. The average Bonchev–Trinajstić information content (AvgIpc) is 3.48. The van der Waals surface area contributed by atoms with Gasteiger partial charge in [-0.3, -0.25) is 9.69 Å². The molecule has 0 bridgehead atoms. The maximum absolute atomic E-state index is 13.4. The molecule has 32 heavy (non-hydrogen) atoms. The second-order valence-corrected chi connectivity index (χ2v) is 8.77. The van der Waals surface area contributed by atoms with Crippen LogP contribution in [0.4, 0.5) is 11.6 Å². The fraction of sp³-hybridized carbons (Fsp3) is 0.435. The van der Waals surface area contributed by atoms with E-state index in [1.807, 2.05) is 50.2 Å². The maximum Gasteiger partial charge on any atom is 0.260 e. The zero-order valence-electron chi connectivity index (χ0n) is 18.9. The Bertz CT molecular complexity index is 1200. The van der Waals surface area contributed by atoms with Crippen LogP contribution in [0.2, 0.25) is 0 Å². The van der Waals surface area contributed by atoms with E-state index in [1.54, 1.807) is 4.90 Å². The lowest BCUT2D eigenvalue weighted by Gasteiger charge is -2.18. The van der Waals surface area contributed by atoms with E-state index in [-0.39, 0.29) is 11.9 Å². The van der Waals surface area contributed by atoms with Crippen LogP contribution in [0, 0.1) is 0 Å². The van der Waals surface area contributed by atoms with Gasteiger partial charge < -0.3 is 15.2 Å². The molecule has 0 unspecified atom stereocenters. The van der Waals surface area contributed by atoms with Crippen LogP contribution in [-0.4, -0.2) is 44.7 Å². The molecule has 2 aliphatic rings. The monoisotopic (exact) mass is 432 g/mol. The first-order chi connectivity index (χ1) is 15.4. The fourth-order valence-corrected chi connectivity index (χ4v) is 4.52. The number of aromatic nitrogens is 5. The minimum absolute atomic E-state index is 0.0838. The van der Waals surface area contributed by atoms with Gasteiger partial charge in [-0.25, -0.2) is 9.97 Å². The highest BCUT2D eigenvalue weighted by atomic mass is 16.2. The van der Waals surface area contributed by atoms with Crippen molar-refractivity contribution in [2.24, 2.45) is 5.73 Å². The van der Waals surface area contributed by atoms with Gasteiger partial charge in [-0.15, -0.1) is 10.2 Å². The maximum atomic E-state index is 13.4. The standard InChI is InChI=1S/C23H28N8O/c1-5-16(24)21-15-12-30(23(32)14(15)11-20(26-21)29(3)4)18-8-6-7-17(25-18)22-28-27-19-10-9-13(2)31(19)22/h6-8,11,13,16H,5,9-10,12,24H2,1-4H3/t13-,16+/m0/s1. The molecule has 9 heteroatoms. The van der Waals surface area contributed by atoms with Crippen molar-refractivity contribution in [2.45, 2.75) is 51.7 Å². The molecule has 0 spiro atoms. The zero-order chi connectivity index (χ0) is 22.6. The predicted octanol–water partition coefficient (Wildman–Crippen LogP) is 2.88. The number of hydrogen-bond acceptors (Lipinski definition) is 7. The van der Waals surface area contributed by atoms with Crippen molar-refractivity contribution in [1.29, 1.82) is 0 Å². The number of aryl methyl sites for hydroxylation is 1. The van der Waals surface area contributed by atoms with E-state index in [0.717, 1.165) is 53.7 Å². The summed E-state index contributed by atoms with van der Waals surface area (Å²) in [5, 5.41) is 8.71. The van der Waals surface area contributed by atoms with Crippen LogP contribution in [-0.2, 0) is 13.0 Å². The Kier molecular flexibility index (Phi) is 4.93. The van der Waals surface area contributed by atoms with Crippen LogP contribution >= 0.6 is 0 Å². The number of pyridine rings is 2. The number of hydrogen-bond donors (Lipinski definition) is 1. The lowest BCUT2D eigenvalue weighted by atomic mass is 10.0. The Hall–Kier alpha value is -3.33. The minimum Gasteiger partial charge on any atom is -0.363 e. The van der Waals surface area contributed by atoms with Crippen molar-refractivity contribution >= 4 is 17.5 Å². The third kappa shape index (κ3) is 3.15. The predicted molar refractivity (Wildman–Crippen MR) is 123 cm³/mol. The molecule has 5 heterocycles. The normalized spacial score (nSPS) is 18.1. The first-order valence-electron chi connectivity index (χ1n) is 11.1. The summed E-state index contributed by atoms with van der Waals surface area (Å²) in [6.45, 7) is 4.60. The zero-order valence-corrected chi connectivity index (χ0v) is 18.9. The summed E-state index contributed by atoms with van der Waals surface area (Å²) >= 11 is 0. The van der Waals surface area contributed by atoms with Crippen molar-refractivity contribution in [3.8, 4) is 11.5 Å². The summed E-state index contributed by atoms with van der Waals surface area (Å²) in [6, 6.07) is 7.65. The molecule has 0 aromatic carbocycles. The second kappa shape index (κ2) is 7.67. The number of fused-ring (bicyclic) bond motifs is 2. The lowest BCUT2D eigenvalue weighted by Crippen LogP contribution is -2.24. The summed E-state index contributed by atoms with van der Waals surface area (Å²) in [7, 11) is 3.83. The van der Waals surface area contributed by atoms with Gasteiger partial charge in [0.05, 0.1) is 17.8 Å². The quantitative estimate of drug-likeness (QED) is 0.661. The van der Waals surface area contributed by atoms with E-state index in [4.69, 9.17) is 15.7 Å². The molecule has 3 aromatic rings. The Morgan fingerprint density at radius 3 is 2.81 bits per heavy atom. The Morgan fingerprint density at radius 2 is 2.06 bits per heavy atom. The largest absolute Gasteiger partial charge is 0.363 e. The van der Waals surface area contributed by atoms with Crippen molar-refractivity contribution < 1.29 is 4.79 Å². The lowest BCUT2D eigenvalue weighted by molar-refractivity contribution is 0.0996. The van der Waals surface area contributed by atoms with Crippen LogP contribution in [0.1, 0.15) is 66.2 Å². The highest BCUT2D eigenvalue weighted by Crippen LogP contribution is 2.35. The molecule has 2 aliphatic heterocycles. The van der Waals surface area contributed by atoms with Gasteiger partial charge in [0.1, 0.15) is 23.2 Å². The van der Waals surface area contributed by atoms with Gasteiger partial charge in [0.25, 0.3) is 5.91 Å². The molecule has 0 saturated carbocycles. The van der Waals surface area contributed by atoms with Gasteiger partial charge in [-0.1, -0.05) is 13.0 Å². The molecule has 2 atom stereocenters. The van der Waals surface area contributed by atoms with Crippen molar-refractivity contribution in [1.82, 2.24) is 24.7 Å². The Morgan fingerprint density at radius 1 is 1.25 bits per heavy atom. The van der Waals surface area contributed by atoms with Gasteiger partial charge in [0.15, 0.2) is 5.82 Å². The second-order valence-electron chi connectivity index (χ2n) is 8.77. The smallest absolute Gasteiger partial charge is 0.260 e. The van der Waals surface area contributed by atoms with E-state index in [0.29, 0.717) is 24.0 Å². The molecular formula is C23H28N8O. The third-order valence-electron chi connectivity index (χ3n) is 6.42. The molecule has 1 amide bonds. The minimum atomic E-state index is -0.226. The highest BCUT2D eigenvalue weighted by Gasteiger charge is 2.34. The van der Waals surface area contributed by atoms with E-state index in [9.17, 15) is 4.79 Å². The molecule has 5 rings (SSSR count). The molecule has 2 N–H and O–H groups in total. The van der Waals surface area contributed by atoms with E-state index >= 15 is 0 Å². The highest BCUT2D eigenvalue weighted by molar-refractivity contribution is 6.10. The molecule has 0 aliphatic carbocycles. The first kappa shape index (κ1) is 20.6. The van der Waals surface area contributed by atoms with Crippen LogP contribution in [0.15, 0.2) is 24.3 Å². The van der Waals surface area contributed by atoms with Crippen molar-refractivity contribution in [3.63, 3.8) is 0 Å². The van der Waals surface area contributed by atoms with Gasteiger partial charge >= 0.3 is 0 Å². The molecule has 3 aromatic heterocycles. The number of nitrogens with two attached hydrogens (primary N) is 1. The average molecular weight is 433 g/mol. The Balaban J connectivity index is 1.54. The van der Waals surface area contributed by atoms with Crippen LogP contribution in [0.3, 0.4) is 0 Å². The van der Waals surface area contributed by atoms with Crippen LogP contribution in [0.25, 0.3) is 11.5 Å². The number of nitrogens with zero attached hydrogens (tertiary/aromatic N) is 7. The summed E-state index contributed by atoms with van der Waals surface area (Å²) < 4.78 is 2.15. The molecule has 0 saturated heterocycles. The van der Waals surface area contributed by atoms with Crippen molar-refractivity contribution in [2.75, 3.05) is 23.9 Å². The molecular weight excluding hydrogens is 404 g/mol. The Labute approximate surface area is 187 Å². The summed E-state index contributed by atoms with van der Waals surface area (Å²) in [6.07, 6.45) is 2.73. The molecule has 166 valence electrons. The molecule has 9 nitrogen and oxygen atoms in total. The number of carbonyl (C=O) groups is 1. The van der Waals surface area contributed by atoms with E-state index in [2.05, 4.69) is 21.7 Å². The summed E-state index contributed by atoms with van der Waals surface area (Å²) in [4.78, 5) is 26.6. The first-order valence-corrected chi connectivity index (χ1v) is 11.1. The summed E-state index contributed by atoms with van der Waals surface area (Å²) in [5.74, 6) is 2.98. The fourth-order valence-electron chi connectivity index (χ4n) is 4.52.